The van der Waals surface area contributed by atoms with Crippen molar-refractivity contribution in [1.29, 1.82) is 0 Å². The molecule has 0 radical (unpaired) electrons. The molecule has 4 N–H and O–H groups in total. The summed E-state index contributed by atoms with van der Waals surface area (Å²) in [6.45, 7) is 3.96. The lowest BCUT2D eigenvalue weighted by Crippen LogP contribution is -2.38. The molecular weight excluding hydrogens is 270 g/mol. The second kappa shape index (κ2) is 6.41. The van der Waals surface area contributed by atoms with Crippen LogP contribution in [0.3, 0.4) is 0 Å². The number of rotatable bonds is 4. The van der Waals surface area contributed by atoms with Gasteiger partial charge in [-0.1, -0.05) is 6.92 Å². The van der Waals surface area contributed by atoms with E-state index in [9.17, 15) is 9.59 Å². The van der Waals surface area contributed by atoms with Crippen molar-refractivity contribution in [2.24, 2.45) is 5.92 Å². The number of carbonyl (C=O) groups is 2. The average molecular weight is 289 g/mol. The summed E-state index contributed by atoms with van der Waals surface area (Å²) in [5.74, 6) is -1.51. The first-order valence-corrected chi connectivity index (χ1v) is 6.79. The summed E-state index contributed by atoms with van der Waals surface area (Å²) in [5.41, 5.74) is 2.58. The van der Waals surface area contributed by atoms with E-state index >= 15 is 0 Å². The first kappa shape index (κ1) is 15.1. The van der Waals surface area contributed by atoms with Crippen molar-refractivity contribution in [3.05, 3.63) is 30.0 Å². The zero-order valence-corrected chi connectivity index (χ0v) is 12.1. The fraction of sp³-hybridized carbons (Fsp3) is 0.333. The molecule has 21 heavy (non-hydrogen) atoms. The van der Waals surface area contributed by atoms with Gasteiger partial charge in [-0.3, -0.25) is 9.59 Å². The number of hydrogen-bond donors (Lipinski definition) is 4. The molecule has 0 aliphatic rings. The minimum Gasteiger partial charge on any atom is -0.396 e. The number of fused-ring (bicyclic) bond motifs is 1. The van der Waals surface area contributed by atoms with Crippen molar-refractivity contribution in [3.8, 4) is 0 Å². The molecule has 0 saturated carbocycles. The van der Waals surface area contributed by atoms with Crippen LogP contribution in [0, 0.1) is 12.8 Å². The van der Waals surface area contributed by atoms with Crippen molar-refractivity contribution in [2.45, 2.75) is 13.8 Å². The normalized spacial score (nSPS) is 12.1. The monoisotopic (exact) mass is 289 g/mol. The maximum absolute atomic E-state index is 11.8. The summed E-state index contributed by atoms with van der Waals surface area (Å²) in [7, 11) is 0. The first-order valence-electron chi connectivity index (χ1n) is 6.79. The van der Waals surface area contributed by atoms with E-state index < -0.39 is 11.8 Å². The number of nitrogens with one attached hydrogen (secondary N) is 3. The van der Waals surface area contributed by atoms with Crippen molar-refractivity contribution in [1.82, 2.24) is 10.3 Å². The van der Waals surface area contributed by atoms with Crippen molar-refractivity contribution < 1.29 is 14.7 Å². The van der Waals surface area contributed by atoms with Crippen LogP contribution in [0.5, 0.6) is 0 Å². The number of aliphatic hydroxyl groups is 1. The second-order valence-corrected chi connectivity index (χ2v) is 5.21. The van der Waals surface area contributed by atoms with Crippen LogP contribution in [-0.4, -0.2) is 35.1 Å². The highest BCUT2D eigenvalue weighted by Gasteiger charge is 2.14. The molecule has 0 fully saturated rings. The lowest BCUT2D eigenvalue weighted by atomic mass is 10.2. The minimum atomic E-state index is -0.716. The van der Waals surface area contributed by atoms with E-state index in [1.165, 1.54) is 0 Å². The molecule has 6 nitrogen and oxygen atoms in total. The number of H-pyrrole nitrogens is 1. The van der Waals surface area contributed by atoms with Gasteiger partial charge in [0, 0.05) is 35.4 Å². The van der Waals surface area contributed by atoms with E-state index in [1.54, 1.807) is 19.1 Å². The quantitative estimate of drug-likeness (QED) is 0.636. The lowest BCUT2D eigenvalue weighted by molar-refractivity contribution is -0.136. The van der Waals surface area contributed by atoms with E-state index in [-0.39, 0.29) is 19.1 Å². The molecule has 2 rings (SSSR count). The van der Waals surface area contributed by atoms with Gasteiger partial charge in [0.1, 0.15) is 0 Å². The highest BCUT2D eigenvalue weighted by Crippen LogP contribution is 2.19. The maximum atomic E-state index is 11.8. The summed E-state index contributed by atoms with van der Waals surface area (Å²) < 4.78 is 0. The molecule has 6 heteroatoms. The summed E-state index contributed by atoms with van der Waals surface area (Å²) in [6, 6.07) is 7.36. The van der Waals surface area contributed by atoms with Gasteiger partial charge in [0.25, 0.3) is 0 Å². The van der Waals surface area contributed by atoms with Crippen LogP contribution in [0.1, 0.15) is 12.6 Å². The number of benzene rings is 1. The Balaban J connectivity index is 1.98. The topological polar surface area (TPSA) is 94.2 Å². The van der Waals surface area contributed by atoms with Crippen LogP contribution in [0.25, 0.3) is 10.9 Å². The van der Waals surface area contributed by atoms with E-state index in [0.717, 1.165) is 16.6 Å². The van der Waals surface area contributed by atoms with Crippen LogP contribution in [-0.2, 0) is 9.59 Å². The molecule has 2 aromatic rings. The van der Waals surface area contributed by atoms with E-state index in [1.807, 2.05) is 19.1 Å². The van der Waals surface area contributed by atoms with Gasteiger partial charge in [0.05, 0.1) is 0 Å². The molecule has 1 aromatic heterocycles. The number of hydrogen-bond acceptors (Lipinski definition) is 3. The van der Waals surface area contributed by atoms with Gasteiger partial charge in [-0.15, -0.1) is 0 Å². The Hall–Kier alpha value is -2.34. The molecule has 2 amide bonds. The van der Waals surface area contributed by atoms with Gasteiger partial charge < -0.3 is 20.7 Å². The SMILES string of the molecule is Cc1cc2cc(NC(=O)C(=O)NCC(C)CO)ccc2[nH]1. The zero-order valence-electron chi connectivity index (χ0n) is 12.1. The summed E-state index contributed by atoms with van der Waals surface area (Å²) in [5, 5.41) is 14.9. The zero-order chi connectivity index (χ0) is 15.4. The number of amides is 2. The predicted octanol–water partition coefficient (Wildman–Crippen LogP) is 1.16. The van der Waals surface area contributed by atoms with Crippen LogP contribution in [0.4, 0.5) is 5.69 Å². The predicted molar refractivity (Wildman–Crippen MR) is 80.9 cm³/mol. The Labute approximate surface area is 122 Å². The number of aryl methyl sites for hydroxylation is 1. The molecule has 1 heterocycles. The Morgan fingerprint density at radius 3 is 2.76 bits per heavy atom. The smallest absolute Gasteiger partial charge is 0.313 e. The Morgan fingerprint density at radius 2 is 2.05 bits per heavy atom. The number of aliphatic hydroxyl groups excluding tert-OH is 1. The molecule has 0 bridgehead atoms. The molecule has 1 unspecified atom stereocenters. The summed E-state index contributed by atoms with van der Waals surface area (Å²) in [4.78, 5) is 26.6. The number of aromatic amines is 1. The second-order valence-electron chi connectivity index (χ2n) is 5.21. The van der Waals surface area contributed by atoms with Crippen LogP contribution in [0.15, 0.2) is 24.3 Å². The molecule has 1 atom stereocenters. The molecule has 112 valence electrons. The third-order valence-electron chi connectivity index (χ3n) is 3.14. The van der Waals surface area contributed by atoms with Gasteiger partial charge >= 0.3 is 11.8 Å². The Morgan fingerprint density at radius 1 is 1.29 bits per heavy atom. The van der Waals surface area contributed by atoms with Gasteiger partial charge in [-0.25, -0.2) is 0 Å². The van der Waals surface area contributed by atoms with Crippen molar-refractivity contribution in [2.75, 3.05) is 18.5 Å². The van der Waals surface area contributed by atoms with Crippen LogP contribution >= 0.6 is 0 Å². The van der Waals surface area contributed by atoms with Gasteiger partial charge in [0.2, 0.25) is 0 Å². The molecule has 0 saturated heterocycles. The van der Waals surface area contributed by atoms with E-state index in [4.69, 9.17) is 5.11 Å². The van der Waals surface area contributed by atoms with Crippen molar-refractivity contribution in [3.63, 3.8) is 0 Å². The maximum Gasteiger partial charge on any atom is 0.313 e. The molecule has 1 aromatic carbocycles. The van der Waals surface area contributed by atoms with Crippen LogP contribution in [0.2, 0.25) is 0 Å². The van der Waals surface area contributed by atoms with Crippen LogP contribution < -0.4 is 10.6 Å². The van der Waals surface area contributed by atoms with E-state index in [0.29, 0.717) is 5.69 Å². The Bertz CT molecular complexity index is 663. The third-order valence-corrected chi connectivity index (χ3v) is 3.14. The number of carbonyl (C=O) groups excluding carboxylic acids is 2. The van der Waals surface area contributed by atoms with Gasteiger partial charge in [0.15, 0.2) is 0 Å². The molecule has 0 aliphatic carbocycles. The van der Waals surface area contributed by atoms with Gasteiger partial charge in [-0.2, -0.15) is 0 Å². The molecule has 0 aliphatic heterocycles. The fourth-order valence-corrected chi connectivity index (χ4v) is 1.96. The standard InChI is InChI=1S/C15H19N3O3/c1-9(8-19)7-16-14(20)15(21)18-12-3-4-13-11(6-12)5-10(2)17-13/h3-6,9,17,19H,7-8H2,1-2H3,(H,16,20)(H,18,21). The summed E-state index contributed by atoms with van der Waals surface area (Å²) >= 11 is 0. The highest BCUT2D eigenvalue weighted by molar-refractivity contribution is 6.39. The highest BCUT2D eigenvalue weighted by atomic mass is 16.3. The lowest BCUT2D eigenvalue weighted by Gasteiger charge is -2.09. The molecular formula is C15H19N3O3. The molecule has 0 spiro atoms. The van der Waals surface area contributed by atoms with E-state index in [2.05, 4.69) is 15.6 Å². The minimum absolute atomic E-state index is 0.0363. The number of anilines is 1. The first-order chi connectivity index (χ1) is 9.99. The Kier molecular flexibility index (Phi) is 4.59. The largest absolute Gasteiger partial charge is 0.396 e. The number of aromatic nitrogens is 1. The summed E-state index contributed by atoms with van der Waals surface area (Å²) in [6.07, 6.45) is 0. The van der Waals surface area contributed by atoms with Gasteiger partial charge in [-0.05, 0) is 37.1 Å². The van der Waals surface area contributed by atoms with Crippen molar-refractivity contribution >= 4 is 28.4 Å². The third kappa shape index (κ3) is 3.82. The fourth-order valence-electron chi connectivity index (χ4n) is 1.96. The average Bonchev–Trinajstić information content (AvgIpc) is 2.83.